The Hall–Kier alpha value is -2.28. The van der Waals surface area contributed by atoms with E-state index in [0.717, 1.165) is 12.1 Å². The molecule has 8 heteroatoms. The number of nitrogens with one attached hydrogen (secondary N) is 1. The third-order valence-corrected chi connectivity index (χ3v) is 2.78. The Morgan fingerprint density at radius 3 is 2.52 bits per heavy atom. The number of alkyl halides is 3. The summed E-state index contributed by atoms with van der Waals surface area (Å²) in [6.07, 6.45) is -3.41. The molecule has 3 N–H and O–H groups in total. The number of amides is 1. The highest BCUT2D eigenvalue weighted by Gasteiger charge is 2.34. The fourth-order valence-electron chi connectivity index (χ4n) is 1.60. The number of nitrogen functional groups attached to an aromatic ring is 1. The van der Waals surface area contributed by atoms with Crippen molar-refractivity contribution in [1.82, 2.24) is 4.98 Å². The van der Waals surface area contributed by atoms with Crippen molar-refractivity contribution in [2.24, 2.45) is 0 Å². The number of halogens is 4. The highest BCUT2D eigenvalue weighted by molar-refractivity contribution is 6.30. The fourth-order valence-corrected chi connectivity index (χ4v) is 1.71. The molecule has 0 aliphatic heterocycles. The number of rotatable bonds is 2. The summed E-state index contributed by atoms with van der Waals surface area (Å²) in [5.74, 6) is -0.776. The molecule has 0 radical (unpaired) electrons. The van der Waals surface area contributed by atoms with Crippen LogP contribution in [0.1, 0.15) is 16.1 Å². The third kappa shape index (κ3) is 3.63. The average molecular weight is 316 g/mol. The smallest absolute Gasteiger partial charge is 0.399 e. The molecule has 1 aromatic heterocycles. The summed E-state index contributed by atoms with van der Waals surface area (Å²) in [6.45, 7) is 0. The number of hydrogen-bond acceptors (Lipinski definition) is 3. The van der Waals surface area contributed by atoms with Crippen LogP contribution in [0.2, 0.25) is 5.02 Å². The lowest BCUT2D eigenvalue weighted by Crippen LogP contribution is -2.17. The van der Waals surface area contributed by atoms with E-state index in [-0.39, 0.29) is 11.4 Å². The van der Waals surface area contributed by atoms with E-state index >= 15 is 0 Å². The van der Waals surface area contributed by atoms with Crippen molar-refractivity contribution in [2.45, 2.75) is 6.18 Å². The monoisotopic (exact) mass is 315 g/mol. The second-order valence-electron chi connectivity index (χ2n) is 4.12. The van der Waals surface area contributed by atoms with Gasteiger partial charge in [0.15, 0.2) is 0 Å². The van der Waals surface area contributed by atoms with Crippen molar-refractivity contribution in [3.8, 4) is 0 Å². The molecule has 1 amide bonds. The van der Waals surface area contributed by atoms with Gasteiger partial charge in [-0.3, -0.25) is 4.79 Å². The van der Waals surface area contributed by atoms with E-state index in [1.807, 2.05) is 0 Å². The lowest BCUT2D eigenvalue weighted by Gasteiger charge is -2.14. The first-order valence-corrected chi connectivity index (χ1v) is 6.05. The second kappa shape index (κ2) is 5.61. The minimum Gasteiger partial charge on any atom is -0.399 e. The summed E-state index contributed by atoms with van der Waals surface area (Å²) in [5, 5.41) is 2.47. The van der Waals surface area contributed by atoms with E-state index in [4.69, 9.17) is 17.3 Å². The molecule has 0 spiro atoms. The zero-order valence-corrected chi connectivity index (χ0v) is 11.2. The number of benzene rings is 1. The third-order valence-electron chi connectivity index (χ3n) is 2.56. The molecule has 1 aromatic carbocycles. The molecule has 4 nitrogen and oxygen atoms in total. The van der Waals surface area contributed by atoms with Crippen molar-refractivity contribution < 1.29 is 18.0 Å². The van der Waals surface area contributed by atoms with Gasteiger partial charge >= 0.3 is 6.18 Å². The molecule has 0 fully saturated rings. The van der Waals surface area contributed by atoms with Crippen LogP contribution in [0.15, 0.2) is 36.5 Å². The van der Waals surface area contributed by atoms with Crippen LogP contribution in [-0.4, -0.2) is 10.9 Å². The van der Waals surface area contributed by atoms with Gasteiger partial charge in [-0.15, -0.1) is 0 Å². The van der Waals surface area contributed by atoms with E-state index in [0.29, 0.717) is 5.02 Å². The van der Waals surface area contributed by atoms with Gasteiger partial charge in [0.25, 0.3) is 5.91 Å². The largest absolute Gasteiger partial charge is 0.418 e. The molecule has 0 unspecified atom stereocenters. The Morgan fingerprint density at radius 2 is 1.95 bits per heavy atom. The van der Waals surface area contributed by atoms with Crippen LogP contribution in [0.25, 0.3) is 0 Å². The van der Waals surface area contributed by atoms with Gasteiger partial charge < -0.3 is 11.1 Å². The lowest BCUT2D eigenvalue weighted by molar-refractivity contribution is -0.136. The number of anilines is 2. The summed E-state index contributed by atoms with van der Waals surface area (Å²) in [7, 11) is 0. The van der Waals surface area contributed by atoms with Gasteiger partial charge in [0.1, 0.15) is 5.69 Å². The Bertz CT molecular complexity index is 671. The first-order valence-electron chi connectivity index (χ1n) is 5.67. The van der Waals surface area contributed by atoms with Crippen LogP contribution in [0.4, 0.5) is 24.5 Å². The number of carbonyl (C=O) groups is 1. The molecule has 2 aromatic rings. The van der Waals surface area contributed by atoms with Crippen LogP contribution in [-0.2, 0) is 6.18 Å². The van der Waals surface area contributed by atoms with Crippen molar-refractivity contribution in [3.05, 3.63) is 52.8 Å². The van der Waals surface area contributed by atoms with Gasteiger partial charge in [-0.1, -0.05) is 11.6 Å². The van der Waals surface area contributed by atoms with Crippen LogP contribution in [0.5, 0.6) is 0 Å². The predicted octanol–water partition coefficient (Wildman–Crippen LogP) is 3.59. The first kappa shape index (κ1) is 15.1. The van der Waals surface area contributed by atoms with E-state index in [2.05, 4.69) is 10.3 Å². The maximum Gasteiger partial charge on any atom is 0.418 e. The summed E-state index contributed by atoms with van der Waals surface area (Å²) in [5.41, 5.74) is 3.83. The minimum atomic E-state index is -4.63. The maximum absolute atomic E-state index is 12.9. The number of hydrogen-bond donors (Lipinski definition) is 2. The molecule has 0 saturated carbocycles. The van der Waals surface area contributed by atoms with Crippen LogP contribution in [0, 0.1) is 0 Å². The van der Waals surface area contributed by atoms with E-state index in [9.17, 15) is 18.0 Å². The van der Waals surface area contributed by atoms with Crippen molar-refractivity contribution in [2.75, 3.05) is 11.1 Å². The van der Waals surface area contributed by atoms with E-state index < -0.39 is 23.3 Å². The molecule has 1 heterocycles. The molecule has 0 aliphatic rings. The van der Waals surface area contributed by atoms with Crippen LogP contribution < -0.4 is 11.1 Å². The number of nitrogens with two attached hydrogens (primary N) is 1. The molecule has 0 atom stereocenters. The standard InChI is InChI=1S/C13H9ClF3N3O/c14-7-1-3-11(19-6-7)12(21)20-10-4-2-8(18)5-9(10)13(15,16)17/h1-6H,18H2,(H,20,21). The number of carbonyl (C=O) groups excluding carboxylic acids is 1. The first-order chi connectivity index (χ1) is 9.77. The highest BCUT2D eigenvalue weighted by atomic mass is 35.5. The van der Waals surface area contributed by atoms with Gasteiger partial charge in [-0.05, 0) is 30.3 Å². The molecule has 0 bridgehead atoms. The Morgan fingerprint density at radius 1 is 1.24 bits per heavy atom. The molecule has 0 aliphatic carbocycles. The topological polar surface area (TPSA) is 68.0 Å². The molecule has 0 saturated heterocycles. The quantitative estimate of drug-likeness (QED) is 0.832. The molecule has 21 heavy (non-hydrogen) atoms. The van der Waals surface area contributed by atoms with Crippen molar-refractivity contribution in [1.29, 1.82) is 0 Å². The normalized spacial score (nSPS) is 11.2. The van der Waals surface area contributed by atoms with Crippen molar-refractivity contribution in [3.63, 3.8) is 0 Å². The number of aromatic nitrogens is 1. The van der Waals surface area contributed by atoms with Gasteiger partial charge in [0.2, 0.25) is 0 Å². The predicted molar refractivity (Wildman–Crippen MR) is 73.1 cm³/mol. The van der Waals surface area contributed by atoms with Gasteiger partial charge in [0, 0.05) is 11.9 Å². The molecular formula is C13H9ClF3N3O. The van der Waals surface area contributed by atoms with Crippen LogP contribution in [0.3, 0.4) is 0 Å². The molecule has 110 valence electrons. The average Bonchev–Trinajstić information content (AvgIpc) is 2.40. The minimum absolute atomic E-state index is 0.0510. The maximum atomic E-state index is 12.9. The van der Waals surface area contributed by atoms with Crippen LogP contribution >= 0.6 is 11.6 Å². The second-order valence-corrected chi connectivity index (χ2v) is 4.55. The zero-order valence-electron chi connectivity index (χ0n) is 10.4. The van der Waals surface area contributed by atoms with Gasteiger partial charge in [-0.25, -0.2) is 4.98 Å². The van der Waals surface area contributed by atoms with Gasteiger partial charge in [-0.2, -0.15) is 13.2 Å². The summed E-state index contributed by atoms with van der Waals surface area (Å²) in [6, 6.07) is 5.83. The Balaban J connectivity index is 2.31. The SMILES string of the molecule is Nc1ccc(NC(=O)c2ccc(Cl)cn2)c(C(F)(F)F)c1. The number of pyridine rings is 1. The number of nitrogens with zero attached hydrogens (tertiary/aromatic N) is 1. The van der Waals surface area contributed by atoms with Crippen molar-refractivity contribution >= 4 is 28.9 Å². The lowest BCUT2D eigenvalue weighted by atomic mass is 10.1. The summed E-state index contributed by atoms with van der Waals surface area (Å²) < 4.78 is 38.7. The summed E-state index contributed by atoms with van der Waals surface area (Å²) in [4.78, 5) is 15.6. The summed E-state index contributed by atoms with van der Waals surface area (Å²) >= 11 is 5.62. The van der Waals surface area contributed by atoms with E-state index in [1.54, 1.807) is 0 Å². The van der Waals surface area contributed by atoms with Gasteiger partial charge in [0.05, 0.1) is 16.3 Å². The highest BCUT2D eigenvalue weighted by Crippen LogP contribution is 2.36. The fraction of sp³-hybridized carbons (Fsp3) is 0.0769. The zero-order chi connectivity index (χ0) is 15.6. The molecular weight excluding hydrogens is 307 g/mol. The Labute approximate surface area is 122 Å². The Kier molecular flexibility index (Phi) is 4.04. The molecule has 2 rings (SSSR count). The van der Waals surface area contributed by atoms with E-state index in [1.165, 1.54) is 24.4 Å².